The van der Waals surface area contributed by atoms with Crippen LogP contribution in [0.1, 0.15) is 24.1 Å². The zero-order chi connectivity index (χ0) is 19.8. The molecule has 1 saturated heterocycles. The van der Waals surface area contributed by atoms with Gasteiger partial charge in [0.05, 0.1) is 0 Å². The van der Waals surface area contributed by atoms with E-state index in [4.69, 9.17) is 9.97 Å². The second kappa shape index (κ2) is 7.28. The molecule has 0 spiro atoms. The number of rotatable bonds is 4. The Bertz CT molecular complexity index is 1040. The van der Waals surface area contributed by atoms with Gasteiger partial charge in [-0.1, -0.05) is 24.3 Å². The van der Waals surface area contributed by atoms with Gasteiger partial charge in [-0.2, -0.15) is 0 Å². The molecule has 0 radical (unpaired) electrons. The van der Waals surface area contributed by atoms with Crippen LogP contribution in [0, 0.1) is 0 Å². The number of amides is 1. The summed E-state index contributed by atoms with van der Waals surface area (Å²) >= 11 is 0. The van der Waals surface area contributed by atoms with E-state index in [0.717, 1.165) is 55.1 Å². The summed E-state index contributed by atoms with van der Waals surface area (Å²) in [4.78, 5) is 31.2. The number of aromatic nitrogens is 3. The van der Waals surface area contributed by atoms with Gasteiger partial charge < -0.3 is 9.80 Å². The number of para-hydroxylation sites is 1. The van der Waals surface area contributed by atoms with Gasteiger partial charge in [0.2, 0.25) is 5.91 Å². The highest BCUT2D eigenvalue weighted by molar-refractivity contribution is 6.01. The Morgan fingerprint density at radius 2 is 1.86 bits per heavy atom. The third kappa shape index (κ3) is 3.14. The monoisotopic (exact) mass is 385 g/mol. The lowest BCUT2D eigenvalue weighted by Crippen LogP contribution is -2.40. The standard InChI is InChI=1S/C23H23N5O/c1-27(20-13-15-28(23(20)29)16-8-3-2-4-9-16)22-17-10-7-12-18(17)25-21(26-22)19-11-5-6-14-24-19/h2-6,8-9,11,14,20H,7,10,12-13,15H2,1H3. The van der Waals surface area contributed by atoms with Gasteiger partial charge in [-0.25, -0.2) is 9.97 Å². The number of nitrogens with zero attached hydrogens (tertiary/aromatic N) is 5. The summed E-state index contributed by atoms with van der Waals surface area (Å²) in [5.74, 6) is 1.64. The fourth-order valence-corrected chi connectivity index (χ4v) is 4.35. The van der Waals surface area contributed by atoms with Gasteiger partial charge in [0, 0.05) is 36.7 Å². The van der Waals surface area contributed by atoms with Crippen LogP contribution in [-0.2, 0) is 17.6 Å². The Kier molecular flexibility index (Phi) is 4.46. The molecule has 2 aliphatic rings. The molecule has 29 heavy (non-hydrogen) atoms. The quantitative estimate of drug-likeness (QED) is 0.690. The molecule has 1 unspecified atom stereocenters. The fraction of sp³-hybridized carbons (Fsp3) is 0.304. The minimum absolute atomic E-state index is 0.128. The van der Waals surface area contributed by atoms with E-state index < -0.39 is 0 Å². The molecule has 1 amide bonds. The van der Waals surface area contributed by atoms with Crippen molar-refractivity contribution in [2.45, 2.75) is 31.7 Å². The molecule has 6 nitrogen and oxygen atoms in total. The maximum atomic E-state index is 13.2. The zero-order valence-corrected chi connectivity index (χ0v) is 16.5. The average molecular weight is 385 g/mol. The minimum Gasteiger partial charge on any atom is -0.347 e. The first-order chi connectivity index (χ1) is 14.2. The molecule has 1 atom stereocenters. The molecule has 3 heterocycles. The van der Waals surface area contributed by atoms with Crippen molar-refractivity contribution in [3.05, 3.63) is 66.0 Å². The van der Waals surface area contributed by atoms with E-state index in [1.165, 1.54) is 5.56 Å². The number of fused-ring (bicyclic) bond motifs is 1. The number of aryl methyl sites for hydroxylation is 1. The maximum Gasteiger partial charge on any atom is 0.249 e. The first-order valence-corrected chi connectivity index (χ1v) is 10.1. The molecule has 146 valence electrons. The lowest BCUT2D eigenvalue weighted by atomic mass is 10.1. The molecule has 1 fully saturated rings. The van der Waals surface area contributed by atoms with Crippen molar-refractivity contribution < 1.29 is 4.79 Å². The molecule has 6 heteroatoms. The predicted octanol–water partition coefficient (Wildman–Crippen LogP) is 3.27. The molecule has 0 saturated carbocycles. The third-order valence-electron chi connectivity index (χ3n) is 5.85. The van der Waals surface area contributed by atoms with Crippen LogP contribution in [-0.4, -0.2) is 40.5 Å². The third-order valence-corrected chi connectivity index (χ3v) is 5.85. The molecule has 2 aromatic heterocycles. The van der Waals surface area contributed by atoms with Gasteiger partial charge in [0.15, 0.2) is 5.82 Å². The minimum atomic E-state index is -0.216. The summed E-state index contributed by atoms with van der Waals surface area (Å²) in [6, 6.07) is 15.4. The average Bonchev–Trinajstić information content (AvgIpc) is 3.40. The fourth-order valence-electron chi connectivity index (χ4n) is 4.35. The molecule has 1 aliphatic carbocycles. The van der Waals surface area contributed by atoms with Crippen molar-refractivity contribution in [3.8, 4) is 11.5 Å². The van der Waals surface area contributed by atoms with Gasteiger partial charge in [-0.05, 0) is 49.9 Å². The van der Waals surface area contributed by atoms with Crippen LogP contribution in [0.2, 0.25) is 0 Å². The van der Waals surface area contributed by atoms with Crippen LogP contribution >= 0.6 is 0 Å². The van der Waals surface area contributed by atoms with Crippen molar-refractivity contribution in [2.24, 2.45) is 0 Å². The summed E-state index contributed by atoms with van der Waals surface area (Å²) in [6.45, 7) is 0.720. The van der Waals surface area contributed by atoms with E-state index in [1.54, 1.807) is 6.20 Å². The Morgan fingerprint density at radius 1 is 1.03 bits per heavy atom. The highest BCUT2D eigenvalue weighted by atomic mass is 16.2. The van der Waals surface area contributed by atoms with Gasteiger partial charge in [0.25, 0.3) is 0 Å². The molecule has 3 aromatic rings. The predicted molar refractivity (Wildman–Crippen MR) is 113 cm³/mol. The smallest absolute Gasteiger partial charge is 0.249 e. The first kappa shape index (κ1) is 17.8. The van der Waals surface area contributed by atoms with Crippen molar-refractivity contribution in [1.82, 2.24) is 15.0 Å². The Balaban J connectivity index is 1.49. The van der Waals surface area contributed by atoms with Crippen LogP contribution in [0.25, 0.3) is 11.5 Å². The lowest BCUT2D eigenvalue weighted by Gasteiger charge is -2.27. The van der Waals surface area contributed by atoms with E-state index in [0.29, 0.717) is 5.82 Å². The molecule has 0 bridgehead atoms. The molecule has 1 aliphatic heterocycles. The van der Waals surface area contributed by atoms with E-state index in [-0.39, 0.29) is 11.9 Å². The van der Waals surface area contributed by atoms with Crippen LogP contribution in [0.3, 0.4) is 0 Å². The highest BCUT2D eigenvalue weighted by Crippen LogP contribution is 2.33. The second-order valence-electron chi connectivity index (χ2n) is 7.61. The van der Waals surface area contributed by atoms with Gasteiger partial charge in [-0.3, -0.25) is 9.78 Å². The first-order valence-electron chi connectivity index (χ1n) is 10.1. The molecule has 5 rings (SSSR count). The van der Waals surface area contributed by atoms with Crippen molar-refractivity contribution in [2.75, 3.05) is 23.4 Å². The number of anilines is 2. The second-order valence-corrected chi connectivity index (χ2v) is 7.61. The van der Waals surface area contributed by atoms with Crippen LogP contribution in [0.15, 0.2) is 54.7 Å². The molecule has 0 N–H and O–H groups in total. The Hall–Kier alpha value is -3.28. The normalized spacial score (nSPS) is 18.2. The van der Waals surface area contributed by atoms with Crippen LogP contribution in [0.5, 0.6) is 0 Å². The number of likely N-dealkylation sites (N-methyl/N-ethyl adjacent to an activating group) is 1. The summed E-state index contributed by atoms with van der Waals surface area (Å²) < 4.78 is 0. The number of pyridine rings is 1. The number of carbonyl (C=O) groups excluding carboxylic acids is 1. The summed E-state index contributed by atoms with van der Waals surface area (Å²) in [7, 11) is 1.99. The summed E-state index contributed by atoms with van der Waals surface area (Å²) in [6.07, 6.45) is 5.52. The van der Waals surface area contributed by atoms with E-state index in [1.807, 2.05) is 60.5 Å². The number of hydrogen-bond donors (Lipinski definition) is 0. The van der Waals surface area contributed by atoms with Crippen molar-refractivity contribution >= 4 is 17.4 Å². The van der Waals surface area contributed by atoms with Crippen molar-refractivity contribution in [3.63, 3.8) is 0 Å². The van der Waals surface area contributed by atoms with E-state index in [2.05, 4.69) is 9.88 Å². The summed E-state index contributed by atoms with van der Waals surface area (Å²) in [5.41, 5.74) is 3.99. The Labute approximate surface area is 170 Å². The molecular weight excluding hydrogens is 362 g/mol. The largest absolute Gasteiger partial charge is 0.347 e. The maximum absolute atomic E-state index is 13.2. The lowest BCUT2D eigenvalue weighted by molar-refractivity contribution is -0.118. The summed E-state index contributed by atoms with van der Waals surface area (Å²) in [5, 5.41) is 0. The Morgan fingerprint density at radius 3 is 2.66 bits per heavy atom. The van der Waals surface area contributed by atoms with E-state index in [9.17, 15) is 4.79 Å². The van der Waals surface area contributed by atoms with Gasteiger partial charge >= 0.3 is 0 Å². The van der Waals surface area contributed by atoms with Crippen LogP contribution in [0.4, 0.5) is 11.5 Å². The van der Waals surface area contributed by atoms with E-state index >= 15 is 0 Å². The SMILES string of the molecule is CN(c1nc(-c2ccccn2)nc2c1CCC2)C1CCN(c2ccccc2)C1=O. The zero-order valence-electron chi connectivity index (χ0n) is 16.5. The highest BCUT2D eigenvalue weighted by Gasteiger charge is 2.37. The molecule has 1 aromatic carbocycles. The molecular formula is C23H23N5O. The number of benzene rings is 1. The number of carbonyl (C=O) groups is 1. The topological polar surface area (TPSA) is 62.2 Å². The van der Waals surface area contributed by atoms with Gasteiger partial charge in [0.1, 0.15) is 17.6 Å². The van der Waals surface area contributed by atoms with Gasteiger partial charge in [-0.15, -0.1) is 0 Å². The van der Waals surface area contributed by atoms with Crippen LogP contribution < -0.4 is 9.80 Å². The van der Waals surface area contributed by atoms with Crippen molar-refractivity contribution in [1.29, 1.82) is 0 Å². The number of hydrogen-bond acceptors (Lipinski definition) is 5.